The van der Waals surface area contributed by atoms with Crippen molar-refractivity contribution in [1.82, 2.24) is 0 Å². The number of rotatable bonds is 4. The van der Waals surface area contributed by atoms with E-state index in [-0.39, 0.29) is 0 Å². The molecule has 2 heteroatoms. The summed E-state index contributed by atoms with van der Waals surface area (Å²) < 4.78 is 5.43. The van der Waals surface area contributed by atoms with Crippen LogP contribution in [0.1, 0.15) is 5.56 Å². The normalized spacial score (nSPS) is 9.75. The third-order valence-corrected chi connectivity index (χ3v) is 1.88. The van der Waals surface area contributed by atoms with Gasteiger partial charge in [0.2, 0.25) is 0 Å². The molecule has 0 aromatic heterocycles. The Bertz CT molecular complexity index is 461. The van der Waals surface area contributed by atoms with Gasteiger partial charge in [0, 0.05) is 5.57 Å². The molecule has 0 aliphatic rings. The first-order valence-electron chi connectivity index (χ1n) is 4.82. The van der Waals surface area contributed by atoms with Crippen molar-refractivity contribution >= 4 is 0 Å². The van der Waals surface area contributed by atoms with Gasteiger partial charge < -0.3 is 4.74 Å². The highest BCUT2D eigenvalue weighted by molar-refractivity contribution is 5.34. The van der Waals surface area contributed by atoms with Crippen LogP contribution in [0.15, 0.2) is 60.9 Å². The molecule has 0 aliphatic carbocycles. The largest absolute Gasteiger partial charge is 0.458 e. The smallest absolute Gasteiger partial charge is 0.127 e. The Morgan fingerprint density at radius 1 is 1.25 bits per heavy atom. The first-order chi connectivity index (χ1) is 7.61. The van der Waals surface area contributed by atoms with Crippen molar-refractivity contribution in [2.75, 3.05) is 0 Å². The molecular weight excluding hydrogens is 198 g/mol. The van der Waals surface area contributed by atoms with Crippen LogP contribution in [-0.2, 0) is 0 Å². The van der Waals surface area contributed by atoms with Crippen LogP contribution >= 0.6 is 0 Å². The lowest BCUT2D eigenvalue weighted by Crippen LogP contribution is -1.90. The van der Waals surface area contributed by atoms with E-state index < -0.39 is 0 Å². The standard InChI is InChI=1S/C14H13NO/c1-11-5-8-14(9-6-11)16-13(3)7-4-12(2)10-15/h4-9H,2-3H2,1H3/b7-4-. The molecule has 0 fully saturated rings. The molecule has 0 amide bonds. The minimum absolute atomic E-state index is 0.369. The third-order valence-electron chi connectivity index (χ3n) is 1.88. The molecule has 1 aromatic rings. The topological polar surface area (TPSA) is 33.0 Å². The molecule has 0 saturated carbocycles. The van der Waals surface area contributed by atoms with Crippen LogP contribution in [0.2, 0.25) is 0 Å². The SMILES string of the molecule is C=C(C#N)/C=C\C(=C)Oc1ccc(C)cc1. The number of ether oxygens (including phenoxy) is 1. The summed E-state index contributed by atoms with van der Waals surface area (Å²) in [6, 6.07) is 9.57. The van der Waals surface area contributed by atoms with E-state index in [0.717, 1.165) is 5.75 Å². The zero-order valence-electron chi connectivity index (χ0n) is 9.23. The quantitative estimate of drug-likeness (QED) is 0.433. The first kappa shape index (κ1) is 11.8. The second kappa shape index (κ2) is 5.57. The molecular formula is C14H13NO. The van der Waals surface area contributed by atoms with E-state index in [2.05, 4.69) is 13.2 Å². The van der Waals surface area contributed by atoms with Crippen LogP contribution in [0.25, 0.3) is 0 Å². The molecule has 0 aliphatic heterocycles. The van der Waals surface area contributed by atoms with Crippen molar-refractivity contribution in [2.45, 2.75) is 6.92 Å². The lowest BCUT2D eigenvalue weighted by Gasteiger charge is -2.04. The summed E-state index contributed by atoms with van der Waals surface area (Å²) in [6.45, 7) is 9.25. The van der Waals surface area contributed by atoms with E-state index in [9.17, 15) is 0 Å². The maximum Gasteiger partial charge on any atom is 0.127 e. The van der Waals surface area contributed by atoms with Gasteiger partial charge >= 0.3 is 0 Å². The van der Waals surface area contributed by atoms with E-state index in [1.807, 2.05) is 37.3 Å². The summed E-state index contributed by atoms with van der Waals surface area (Å²) in [5.74, 6) is 1.20. The van der Waals surface area contributed by atoms with Gasteiger partial charge in [-0.25, -0.2) is 0 Å². The Kier molecular flexibility index (Phi) is 4.11. The Hall–Kier alpha value is -2.27. The van der Waals surface area contributed by atoms with Gasteiger partial charge in [-0.1, -0.05) is 30.9 Å². The fourth-order valence-electron chi connectivity index (χ4n) is 1.02. The Morgan fingerprint density at radius 2 is 1.88 bits per heavy atom. The van der Waals surface area contributed by atoms with Crippen molar-refractivity contribution < 1.29 is 4.74 Å². The van der Waals surface area contributed by atoms with E-state index in [1.54, 1.807) is 12.2 Å². The van der Waals surface area contributed by atoms with Gasteiger partial charge in [-0.3, -0.25) is 0 Å². The molecule has 2 nitrogen and oxygen atoms in total. The van der Waals surface area contributed by atoms with Gasteiger partial charge in [0.1, 0.15) is 11.5 Å². The van der Waals surface area contributed by atoms with Gasteiger partial charge in [0.15, 0.2) is 0 Å². The highest BCUT2D eigenvalue weighted by Gasteiger charge is 1.94. The number of nitriles is 1. The molecule has 1 rings (SSSR count). The molecule has 0 bridgehead atoms. The molecule has 0 radical (unpaired) electrons. The average molecular weight is 211 g/mol. The number of benzene rings is 1. The summed E-state index contributed by atoms with van der Waals surface area (Å²) in [5.41, 5.74) is 1.54. The molecule has 0 heterocycles. The zero-order chi connectivity index (χ0) is 12.0. The molecule has 0 atom stereocenters. The van der Waals surface area contributed by atoms with E-state index in [0.29, 0.717) is 11.3 Å². The number of hydrogen-bond donors (Lipinski definition) is 0. The molecule has 16 heavy (non-hydrogen) atoms. The van der Waals surface area contributed by atoms with Gasteiger partial charge in [0.05, 0.1) is 6.07 Å². The van der Waals surface area contributed by atoms with Gasteiger partial charge in [-0.05, 0) is 31.2 Å². The fourth-order valence-corrected chi connectivity index (χ4v) is 1.02. The summed E-state index contributed by atoms with van der Waals surface area (Å²) in [7, 11) is 0. The second-order valence-corrected chi connectivity index (χ2v) is 3.35. The minimum Gasteiger partial charge on any atom is -0.458 e. The highest BCUT2D eigenvalue weighted by Crippen LogP contribution is 2.14. The fraction of sp³-hybridized carbons (Fsp3) is 0.0714. The lowest BCUT2D eigenvalue weighted by atomic mass is 10.2. The molecule has 80 valence electrons. The first-order valence-corrected chi connectivity index (χ1v) is 4.82. The number of aryl methyl sites for hydroxylation is 1. The van der Waals surface area contributed by atoms with E-state index in [1.165, 1.54) is 5.56 Å². The monoisotopic (exact) mass is 211 g/mol. The van der Waals surface area contributed by atoms with Crippen LogP contribution in [0.4, 0.5) is 0 Å². The summed E-state index contributed by atoms with van der Waals surface area (Å²) >= 11 is 0. The second-order valence-electron chi connectivity index (χ2n) is 3.35. The van der Waals surface area contributed by atoms with Crippen molar-refractivity contribution in [3.05, 3.63) is 66.5 Å². The van der Waals surface area contributed by atoms with Crippen molar-refractivity contribution in [3.63, 3.8) is 0 Å². The number of hydrogen-bond acceptors (Lipinski definition) is 2. The molecule has 0 unspecified atom stereocenters. The van der Waals surface area contributed by atoms with Gasteiger partial charge in [-0.15, -0.1) is 0 Å². The number of nitrogens with zero attached hydrogens (tertiary/aromatic N) is 1. The van der Waals surface area contributed by atoms with E-state index in [4.69, 9.17) is 10.00 Å². The molecule has 0 N–H and O–H groups in total. The van der Waals surface area contributed by atoms with Crippen LogP contribution in [0, 0.1) is 18.3 Å². The maximum absolute atomic E-state index is 8.50. The van der Waals surface area contributed by atoms with Crippen LogP contribution in [0.3, 0.4) is 0 Å². The van der Waals surface area contributed by atoms with E-state index >= 15 is 0 Å². The van der Waals surface area contributed by atoms with Crippen molar-refractivity contribution in [2.24, 2.45) is 0 Å². The predicted molar refractivity (Wildman–Crippen MR) is 64.8 cm³/mol. The van der Waals surface area contributed by atoms with Crippen molar-refractivity contribution in [3.8, 4) is 11.8 Å². The predicted octanol–water partition coefficient (Wildman–Crippen LogP) is 3.52. The molecule has 0 spiro atoms. The number of allylic oxidation sites excluding steroid dienone is 3. The highest BCUT2D eigenvalue weighted by atomic mass is 16.5. The molecule has 1 aromatic carbocycles. The maximum atomic E-state index is 8.50. The van der Waals surface area contributed by atoms with Gasteiger partial charge in [-0.2, -0.15) is 5.26 Å². The lowest BCUT2D eigenvalue weighted by molar-refractivity contribution is 0.447. The van der Waals surface area contributed by atoms with Crippen LogP contribution in [0.5, 0.6) is 5.75 Å². The Morgan fingerprint density at radius 3 is 2.44 bits per heavy atom. The zero-order valence-corrected chi connectivity index (χ0v) is 9.23. The van der Waals surface area contributed by atoms with Crippen molar-refractivity contribution in [1.29, 1.82) is 5.26 Å². The minimum atomic E-state index is 0.369. The Labute approximate surface area is 95.8 Å². The summed E-state index contributed by atoms with van der Waals surface area (Å²) in [6.07, 6.45) is 3.18. The van der Waals surface area contributed by atoms with Crippen LogP contribution in [-0.4, -0.2) is 0 Å². The summed E-state index contributed by atoms with van der Waals surface area (Å²) in [5, 5.41) is 8.50. The van der Waals surface area contributed by atoms with Crippen LogP contribution < -0.4 is 4.74 Å². The summed E-state index contributed by atoms with van der Waals surface area (Å²) in [4.78, 5) is 0. The third kappa shape index (κ3) is 3.85. The molecule has 0 saturated heterocycles. The van der Waals surface area contributed by atoms with Gasteiger partial charge in [0.25, 0.3) is 0 Å². The Balaban J connectivity index is 2.59. The average Bonchev–Trinajstić information content (AvgIpc) is 2.29.